The molecule has 2 heterocycles. The number of amides is 3. The Bertz CT molecular complexity index is 477. The van der Waals surface area contributed by atoms with E-state index in [1.807, 2.05) is 4.90 Å². The van der Waals surface area contributed by atoms with E-state index < -0.39 is 0 Å². The first-order valence-electron chi connectivity index (χ1n) is 8.78. The second-order valence-electron chi connectivity index (χ2n) is 6.74. The lowest BCUT2D eigenvalue weighted by Crippen LogP contribution is -2.50. The van der Waals surface area contributed by atoms with E-state index in [-0.39, 0.29) is 42.0 Å². The standard InChI is InChI=1S/C16H29N5O3.ClH/c17-5-6-19-16(24)13-4-1-7-20(9-13)11-14(22)21-8-2-3-12(10-21)15(18)23;/h12-13H,1-11,17H2,(H2,18,23)(H,19,24);1H. The molecule has 0 spiro atoms. The van der Waals surface area contributed by atoms with Crippen LogP contribution in [0, 0.1) is 11.8 Å². The van der Waals surface area contributed by atoms with Crippen molar-refractivity contribution in [1.29, 1.82) is 0 Å². The summed E-state index contributed by atoms with van der Waals surface area (Å²) >= 11 is 0. The number of nitrogens with two attached hydrogens (primary N) is 2. The molecule has 0 aromatic heterocycles. The van der Waals surface area contributed by atoms with Gasteiger partial charge in [-0.25, -0.2) is 0 Å². The zero-order valence-corrected chi connectivity index (χ0v) is 15.4. The summed E-state index contributed by atoms with van der Waals surface area (Å²) in [5.74, 6) is -0.618. The Morgan fingerprint density at radius 1 is 1.04 bits per heavy atom. The van der Waals surface area contributed by atoms with Gasteiger partial charge in [-0.05, 0) is 32.2 Å². The van der Waals surface area contributed by atoms with Gasteiger partial charge in [-0.2, -0.15) is 0 Å². The monoisotopic (exact) mass is 375 g/mol. The van der Waals surface area contributed by atoms with Gasteiger partial charge in [-0.3, -0.25) is 19.3 Å². The van der Waals surface area contributed by atoms with Crippen LogP contribution in [0.2, 0.25) is 0 Å². The van der Waals surface area contributed by atoms with Gasteiger partial charge in [0.15, 0.2) is 0 Å². The van der Waals surface area contributed by atoms with Crippen molar-refractivity contribution in [2.75, 3.05) is 45.8 Å². The molecule has 0 radical (unpaired) electrons. The average Bonchev–Trinajstić information content (AvgIpc) is 2.60. The van der Waals surface area contributed by atoms with Gasteiger partial charge in [0.05, 0.1) is 18.4 Å². The topological polar surface area (TPSA) is 122 Å². The average molecular weight is 376 g/mol. The van der Waals surface area contributed by atoms with E-state index in [1.54, 1.807) is 4.90 Å². The third-order valence-corrected chi connectivity index (χ3v) is 4.86. The lowest BCUT2D eigenvalue weighted by atomic mass is 9.96. The van der Waals surface area contributed by atoms with Crippen molar-refractivity contribution in [3.05, 3.63) is 0 Å². The van der Waals surface area contributed by atoms with Crippen LogP contribution in [0.15, 0.2) is 0 Å². The lowest BCUT2D eigenvalue weighted by molar-refractivity contribution is -0.137. The van der Waals surface area contributed by atoms with Gasteiger partial charge in [0.25, 0.3) is 0 Å². The summed E-state index contributed by atoms with van der Waals surface area (Å²) in [7, 11) is 0. The highest BCUT2D eigenvalue weighted by Gasteiger charge is 2.30. The Kier molecular flexibility index (Phi) is 9.16. The van der Waals surface area contributed by atoms with E-state index >= 15 is 0 Å². The highest BCUT2D eigenvalue weighted by molar-refractivity contribution is 5.85. The summed E-state index contributed by atoms with van der Waals surface area (Å²) in [5, 5.41) is 2.82. The van der Waals surface area contributed by atoms with Crippen molar-refractivity contribution >= 4 is 30.1 Å². The molecule has 3 amide bonds. The van der Waals surface area contributed by atoms with Gasteiger partial charge in [-0.15, -0.1) is 12.4 Å². The van der Waals surface area contributed by atoms with E-state index in [1.165, 1.54) is 0 Å². The number of hydrogen-bond acceptors (Lipinski definition) is 5. The molecule has 2 fully saturated rings. The number of primary amides is 1. The van der Waals surface area contributed by atoms with Crippen LogP contribution in [0.5, 0.6) is 0 Å². The molecule has 2 aliphatic heterocycles. The van der Waals surface area contributed by atoms with Gasteiger partial charge < -0.3 is 21.7 Å². The molecule has 2 atom stereocenters. The summed E-state index contributed by atoms with van der Waals surface area (Å²) < 4.78 is 0. The number of likely N-dealkylation sites (tertiary alicyclic amines) is 2. The Balaban J connectivity index is 0.00000312. The molecular formula is C16H30ClN5O3. The molecule has 9 heteroatoms. The van der Waals surface area contributed by atoms with Gasteiger partial charge in [0, 0.05) is 32.7 Å². The fourth-order valence-electron chi connectivity index (χ4n) is 3.48. The van der Waals surface area contributed by atoms with Crippen molar-refractivity contribution in [1.82, 2.24) is 15.1 Å². The van der Waals surface area contributed by atoms with E-state index in [2.05, 4.69) is 5.32 Å². The first-order valence-corrected chi connectivity index (χ1v) is 8.78. The highest BCUT2D eigenvalue weighted by Crippen LogP contribution is 2.19. The van der Waals surface area contributed by atoms with Crippen LogP contribution < -0.4 is 16.8 Å². The molecule has 2 saturated heterocycles. The van der Waals surface area contributed by atoms with Crippen molar-refractivity contribution in [3.8, 4) is 0 Å². The van der Waals surface area contributed by atoms with E-state index in [0.717, 1.165) is 32.2 Å². The zero-order chi connectivity index (χ0) is 17.5. The van der Waals surface area contributed by atoms with Gasteiger partial charge in [0.1, 0.15) is 0 Å². The quantitative estimate of drug-likeness (QED) is 0.545. The summed E-state index contributed by atoms with van der Waals surface area (Å²) in [6.07, 6.45) is 3.31. The molecule has 0 aromatic rings. The minimum atomic E-state index is -0.331. The molecule has 25 heavy (non-hydrogen) atoms. The number of nitrogens with zero attached hydrogens (tertiary/aromatic N) is 2. The molecular weight excluding hydrogens is 346 g/mol. The van der Waals surface area contributed by atoms with Crippen LogP contribution in [-0.4, -0.2) is 73.3 Å². The van der Waals surface area contributed by atoms with Crippen LogP contribution in [0.3, 0.4) is 0 Å². The molecule has 144 valence electrons. The molecule has 0 aromatic carbocycles. The maximum atomic E-state index is 12.5. The third kappa shape index (κ3) is 6.45. The van der Waals surface area contributed by atoms with E-state index in [4.69, 9.17) is 11.5 Å². The minimum Gasteiger partial charge on any atom is -0.369 e. The number of carbonyl (C=O) groups excluding carboxylic acids is 3. The van der Waals surface area contributed by atoms with Gasteiger partial charge in [-0.1, -0.05) is 0 Å². The minimum absolute atomic E-state index is 0. The van der Waals surface area contributed by atoms with Crippen LogP contribution >= 0.6 is 12.4 Å². The summed E-state index contributed by atoms with van der Waals surface area (Å²) in [5.41, 5.74) is 10.8. The maximum absolute atomic E-state index is 12.5. The Morgan fingerprint density at radius 3 is 2.40 bits per heavy atom. The molecule has 2 aliphatic rings. The number of piperidine rings is 2. The summed E-state index contributed by atoms with van der Waals surface area (Å²) in [6, 6.07) is 0. The predicted octanol–water partition coefficient (Wildman–Crippen LogP) is -1.08. The molecule has 0 bridgehead atoms. The Labute approximate surface area is 155 Å². The van der Waals surface area contributed by atoms with Crippen molar-refractivity contribution in [2.24, 2.45) is 23.3 Å². The van der Waals surface area contributed by atoms with Crippen LogP contribution in [0.25, 0.3) is 0 Å². The molecule has 8 nitrogen and oxygen atoms in total. The number of halogens is 1. The summed E-state index contributed by atoms with van der Waals surface area (Å²) in [4.78, 5) is 39.7. The summed E-state index contributed by atoms with van der Waals surface area (Å²) in [6.45, 7) is 3.72. The second-order valence-corrected chi connectivity index (χ2v) is 6.74. The van der Waals surface area contributed by atoms with Gasteiger partial charge in [0.2, 0.25) is 17.7 Å². The largest absolute Gasteiger partial charge is 0.369 e. The number of nitrogens with one attached hydrogen (secondary N) is 1. The van der Waals surface area contributed by atoms with E-state index in [0.29, 0.717) is 39.3 Å². The number of hydrogen-bond donors (Lipinski definition) is 3. The SMILES string of the molecule is Cl.NCCNC(=O)C1CCCN(CC(=O)N2CCCC(C(N)=O)C2)C1. The number of carbonyl (C=O) groups is 3. The molecule has 0 aliphatic carbocycles. The Hall–Kier alpha value is -1.38. The molecule has 2 unspecified atom stereocenters. The Morgan fingerprint density at radius 2 is 1.72 bits per heavy atom. The fraction of sp³-hybridized carbons (Fsp3) is 0.812. The second kappa shape index (κ2) is 10.6. The lowest BCUT2D eigenvalue weighted by Gasteiger charge is -2.35. The molecule has 2 rings (SSSR count). The number of rotatable bonds is 6. The third-order valence-electron chi connectivity index (χ3n) is 4.86. The maximum Gasteiger partial charge on any atom is 0.236 e. The molecule has 5 N–H and O–H groups in total. The normalized spacial score (nSPS) is 24.3. The zero-order valence-electron chi connectivity index (χ0n) is 14.6. The predicted molar refractivity (Wildman–Crippen MR) is 97.0 cm³/mol. The van der Waals surface area contributed by atoms with Gasteiger partial charge >= 0.3 is 0 Å². The molecule has 0 saturated carbocycles. The highest BCUT2D eigenvalue weighted by atomic mass is 35.5. The van der Waals surface area contributed by atoms with Crippen LogP contribution in [0.1, 0.15) is 25.7 Å². The smallest absolute Gasteiger partial charge is 0.236 e. The van der Waals surface area contributed by atoms with Crippen molar-refractivity contribution in [3.63, 3.8) is 0 Å². The van der Waals surface area contributed by atoms with Crippen molar-refractivity contribution < 1.29 is 14.4 Å². The first-order chi connectivity index (χ1) is 11.5. The van der Waals surface area contributed by atoms with Crippen molar-refractivity contribution in [2.45, 2.75) is 25.7 Å². The van der Waals surface area contributed by atoms with Crippen LogP contribution in [-0.2, 0) is 14.4 Å². The van der Waals surface area contributed by atoms with E-state index in [9.17, 15) is 14.4 Å². The first kappa shape index (κ1) is 21.7. The fourth-order valence-corrected chi connectivity index (χ4v) is 3.48. The van der Waals surface area contributed by atoms with Crippen LogP contribution in [0.4, 0.5) is 0 Å².